The van der Waals surface area contributed by atoms with Crippen molar-refractivity contribution in [3.63, 3.8) is 0 Å². The maximum Gasteiger partial charge on any atom is 0.411 e. The molecule has 0 bridgehead atoms. The van der Waals surface area contributed by atoms with Gasteiger partial charge in [-0.15, -0.1) is 0 Å². The van der Waals surface area contributed by atoms with E-state index in [-0.39, 0.29) is 6.61 Å². The van der Waals surface area contributed by atoms with Gasteiger partial charge in [-0.3, -0.25) is 5.32 Å². The zero-order valence-corrected chi connectivity index (χ0v) is 16.5. The molecule has 0 aromatic heterocycles. The Kier molecular flexibility index (Phi) is 5.80. The van der Waals surface area contributed by atoms with Crippen molar-refractivity contribution in [1.29, 1.82) is 0 Å². The lowest BCUT2D eigenvalue weighted by molar-refractivity contribution is 0.0697. The average Bonchev–Trinajstić information content (AvgIpc) is 3.15. The number of carbonyl (C=O) groups is 2. The highest BCUT2D eigenvalue weighted by molar-refractivity contribution is 5.87. The molecule has 1 amide bonds. The molecule has 1 aliphatic carbocycles. The second-order valence-corrected chi connectivity index (χ2v) is 7.65. The fraction of sp³-hybridized carbons (Fsp3) is 0.200. The van der Waals surface area contributed by atoms with Gasteiger partial charge in [-0.05, 0) is 71.7 Å². The zero-order chi connectivity index (χ0) is 20.9. The summed E-state index contributed by atoms with van der Waals surface area (Å²) in [5.41, 5.74) is 5.66. The fourth-order valence-electron chi connectivity index (χ4n) is 3.93. The number of benzene rings is 3. The van der Waals surface area contributed by atoms with Crippen LogP contribution in [0.4, 0.5) is 10.5 Å². The number of aromatic carboxylic acids is 1. The van der Waals surface area contributed by atoms with Gasteiger partial charge < -0.3 is 9.84 Å². The van der Waals surface area contributed by atoms with E-state index in [4.69, 9.17) is 9.84 Å². The van der Waals surface area contributed by atoms with E-state index in [9.17, 15) is 9.59 Å². The summed E-state index contributed by atoms with van der Waals surface area (Å²) in [6.45, 7) is 0.236. The molecule has 30 heavy (non-hydrogen) atoms. The Balaban J connectivity index is 1.32. The number of amides is 1. The molecule has 0 fully saturated rings. The van der Waals surface area contributed by atoms with E-state index in [1.54, 1.807) is 12.1 Å². The van der Waals surface area contributed by atoms with Crippen molar-refractivity contribution in [2.75, 3.05) is 5.32 Å². The molecule has 3 aromatic rings. The lowest BCUT2D eigenvalue weighted by Gasteiger charge is -2.09. The molecule has 1 unspecified atom stereocenters. The van der Waals surface area contributed by atoms with Gasteiger partial charge in [0.2, 0.25) is 0 Å². The van der Waals surface area contributed by atoms with Crippen molar-refractivity contribution in [2.24, 2.45) is 5.92 Å². The molecule has 152 valence electrons. The summed E-state index contributed by atoms with van der Waals surface area (Å²) in [6.07, 6.45) is 2.35. The number of nitrogens with one attached hydrogen (secondary N) is 1. The predicted octanol–water partition coefficient (Wildman–Crippen LogP) is 5.09. The van der Waals surface area contributed by atoms with Crippen LogP contribution in [0.25, 0.3) is 0 Å². The largest absolute Gasteiger partial charge is 0.478 e. The third-order valence-corrected chi connectivity index (χ3v) is 5.41. The molecule has 0 aliphatic heterocycles. The standard InChI is InChI=1S/C25H23NO4/c27-24(28)20-8-6-17(7-9-20)12-19-13-21-10-11-23(15-22(21)14-19)26-25(29)30-16-18-4-2-1-3-5-18/h1-11,15,19H,12-14,16H2,(H,26,29)(H,27,28). The maximum atomic E-state index is 12.1. The highest BCUT2D eigenvalue weighted by Crippen LogP contribution is 2.31. The van der Waals surface area contributed by atoms with E-state index in [0.29, 0.717) is 11.5 Å². The fourth-order valence-corrected chi connectivity index (χ4v) is 3.93. The van der Waals surface area contributed by atoms with E-state index < -0.39 is 12.1 Å². The molecule has 4 rings (SSSR count). The second kappa shape index (κ2) is 8.82. The van der Waals surface area contributed by atoms with E-state index in [0.717, 1.165) is 36.1 Å². The number of hydrogen-bond acceptors (Lipinski definition) is 3. The molecule has 0 heterocycles. The van der Waals surface area contributed by atoms with Crippen molar-refractivity contribution in [2.45, 2.75) is 25.9 Å². The molecule has 2 N–H and O–H groups in total. The maximum absolute atomic E-state index is 12.1. The van der Waals surface area contributed by atoms with Gasteiger partial charge in [0.05, 0.1) is 5.56 Å². The first kappa shape index (κ1) is 19.7. The van der Waals surface area contributed by atoms with Crippen LogP contribution < -0.4 is 5.32 Å². The molecular weight excluding hydrogens is 378 g/mol. The highest BCUT2D eigenvalue weighted by atomic mass is 16.5. The smallest absolute Gasteiger partial charge is 0.411 e. The summed E-state index contributed by atoms with van der Waals surface area (Å²) in [5, 5.41) is 11.8. The number of carboxylic acids is 1. The van der Waals surface area contributed by atoms with Crippen molar-refractivity contribution < 1.29 is 19.4 Å². The Morgan fingerprint density at radius 2 is 1.63 bits per heavy atom. The van der Waals surface area contributed by atoms with Gasteiger partial charge in [0, 0.05) is 5.69 Å². The summed E-state index contributed by atoms with van der Waals surface area (Å²) in [4.78, 5) is 23.1. The van der Waals surface area contributed by atoms with Crippen LogP contribution in [0.15, 0.2) is 72.8 Å². The van der Waals surface area contributed by atoms with Gasteiger partial charge in [0.25, 0.3) is 0 Å². The van der Waals surface area contributed by atoms with Gasteiger partial charge in [-0.25, -0.2) is 9.59 Å². The average molecular weight is 401 g/mol. The van der Waals surface area contributed by atoms with Crippen LogP contribution in [0.2, 0.25) is 0 Å². The minimum Gasteiger partial charge on any atom is -0.478 e. The lowest BCUT2D eigenvalue weighted by atomic mass is 9.96. The molecule has 5 heteroatoms. The van der Waals surface area contributed by atoms with Crippen LogP contribution in [0.1, 0.15) is 32.6 Å². The molecule has 0 saturated heterocycles. The summed E-state index contributed by atoms with van der Waals surface area (Å²) in [5.74, 6) is -0.437. The molecule has 3 aromatic carbocycles. The van der Waals surface area contributed by atoms with Crippen molar-refractivity contribution >= 4 is 17.7 Å². The van der Waals surface area contributed by atoms with Gasteiger partial charge in [-0.1, -0.05) is 48.5 Å². The number of carboxylic acid groups (broad SMARTS) is 1. The third kappa shape index (κ3) is 4.87. The first-order chi connectivity index (χ1) is 14.6. The van der Waals surface area contributed by atoms with E-state index >= 15 is 0 Å². The first-order valence-electron chi connectivity index (χ1n) is 9.98. The quantitative estimate of drug-likeness (QED) is 0.603. The van der Waals surface area contributed by atoms with Crippen LogP contribution in [0.3, 0.4) is 0 Å². The monoisotopic (exact) mass is 401 g/mol. The van der Waals surface area contributed by atoms with Crippen molar-refractivity contribution in [3.05, 3.63) is 101 Å². The van der Waals surface area contributed by atoms with Gasteiger partial charge in [-0.2, -0.15) is 0 Å². The highest BCUT2D eigenvalue weighted by Gasteiger charge is 2.22. The number of fused-ring (bicyclic) bond motifs is 1. The Hall–Kier alpha value is -3.60. The molecule has 5 nitrogen and oxygen atoms in total. The summed E-state index contributed by atoms with van der Waals surface area (Å²) in [7, 11) is 0. The summed E-state index contributed by atoms with van der Waals surface area (Å²) in [6, 6.07) is 22.7. The Morgan fingerprint density at radius 3 is 2.37 bits per heavy atom. The molecule has 1 atom stereocenters. The minimum atomic E-state index is -0.905. The zero-order valence-electron chi connectivity index (χ0n) is 16.5. The summed E-state index contributed by atoms with van der Waals surface area (Å²) < 4.78 is 5.29. The van der Waals surface area contributed by atoms with Gasteiger partial charge in [0.15, 0.2) is 0 Å². The van der Waals surface area contributed by atoms with Crippen LogP contribution in [0, 0.1) is 5.92 Å². The number of carbonyl (C=O) groups excluding carboxylic acids is 1. The van der Waals surface area contributed by atoms with Crippen molar-refractivity contribution in [1.82, 2.24) is 0 Å². The first-order valence-corrected chi connectivity index (χ1v) is 9.98. The summed E-state index contributed by atoms with van der Waals surface area (Å²) >= 11 is 0. The van der Waals surface area contributed by atoms with E-state index in [1.165, 1.54) is 11.1 Å². The van der Waals surface area contributed by atoms with Crippen molar-refractivity contribution in [3.8, 4) is 0 Å². The van der Waals surface area contributed by atoms with Crippen LogP contribution in [0.5, 0.6) is 0 Å². The van der Waals surface area contributed by atoms with E-state index in [2.05, 4.69) is 11.4 Å². The second-order valence-electron chi connectivity index (χ2n) is 7.65. The topological polar surface area (TPSA) is 75.6 Å². The SMILES string of the molecule is O=C(Nc1ccc2c(c1)CC(Cc1ccc(C(=O)O)cc1)C2)OCc1ccccc1. The third-order valence-electron chi connectivity index (χ3n) is 5.41. The predicted molar refractivity (Wildman–Crippen MR) is 115 cm³/mol. The molecule has 0 spiro atoms. The molecule has 0 saturated carbocycles. The number of ether oxygens (including phenoxy) is 1. The molecule has 0 radical (unpaired) electrons. The number of anilines is 1. The van der Waals surface area contributed by atoms with Gasteiger partial charge in [0.1, 0.15) is 6.61 Å². The lowest BCUT2D eigenvalue weighted by Crippen LogP contribution is -2.13. The number of rotatable bonds is 6. The van der Waals surface area contributed by atoms with Gasteiger partial charge >= 0.3 is 12.1 Å². The minimum absolute atomic E-state index is 0.236. The van der Waals surface area contributed by atoms with E-state index in [1.807, 2.05) is 54.6 Å². The van der Waals surface area contributed by atoms with Crippen LogP contribution in [-0.2, 0) is 30.6 Å². The molecular formula is C25H23NO4. The Morgan fingerprint density at radius 1 is 0.900 bits per heavy atom. The molecule has 1 aliphatic rings. The Bertz CT molecular complexity index is 1040. The number of hydrogen-bond donors (Lipinski definition) is 2. The van der Waals surface area contributed by atoms with Crippen LogP contribution in [-0.4, -0.2) is 17.2 Å². The Labute approximate surface area is 175 Å². The van der Waals surface area contributed by atoms with Crippen LogP contribution >= 0.6 is 0 Å². The normalized spacial score (nSPS) is 14.7.